The summed E-state index contributed by atoms with van der Waals surface area (Å²) in [4.78, 5) is 11.2. The molecular weight excluding hydrogens is 178 g/mol. The minimum atomic E-state index is -0.0562. The molecule has 1 heterocycles. The fourth-order valence-electron chi connectivity index (χ4n) is 1.79. The van der Waals surface area contributed by atoms with Gasteiger partial charge in [-0.3, -0.25) is 0 Å². The van der Waals surface area contributed by atoms with Gasteiger partial charge < -0.3 is 16.0 Å². The van der Waals surface area contributed by atoms with Gasteiger partial charge in [-0.2, -0.15) is 0 Å². The number of rotatable bonds is 3. The van der Waals surface area contributed by atoms with Gasteiger partial charge in [0.2, 0.25) is 0 Å². The number of piperidine rings is 1. The number of nitrogens with one attached hydrogen (secondary N) is 3. The molecule has 14 heavy (non-hydrogen) atoms. The lowest BCUT2D eigenvalue weighted by Crippen LogP contribution is -2.47. The number of hydrogen-bond acceptors (Lipinski definition) is 2. The normalized spacial score (nSPS) is 27.0. The monoisotopic (exact) mass is 199 g/mol. The van der Waals surface area contributed by atoms with E-state index in [1.807, 2.05) is 6.92 Å². The van der Waals surface area contributed by atoms with Crippen LogP contribution in [0, 0.1) is 5.41 Å². The van der Waals surface area contributed by atoms with E-state index in [1.54, 1.807) is 0 Å². The maximum atomic E-state index is 11.2. The Morgan fingerprint density at radius 3 is 2.86 bits per heavy atom. The first-order chi connectivity index (χ1) is 6.66. The summed E-state index contributed by atoms with van der Waals surface area (Å²) in [6.45, 7) is 7.68. The topological polar surface area (TPSA) is 53.2 Å². The zero-order valence-corrected chi connectivity index (χ0v) is 9.15. The van der Waals surface area contributed by atoms with Crippen molar-refractivity contribution >= 4 is 6.03 Å². The van der Waals surface area contributed by atoms with Gasteiger partial charge in [-0.25, -0.2) is 4.79 Å². The van der Waals surface area contributed by atoms with Crippen LogP contribution in [0.5, 0.6) is 0 Å². The molecule has 1 unspecified atom stereocenters. The highest BCUT2D eigenvalue weighted by atomic mass is 16.2. The van der Waals surface area contributed by atoms with E-state index >= 15 is 0 Å². The van der Waals surface area contributed by atoms with E-state index in [0.29, 0.717) is 6.54 Å². The lowest BCUT2D eigenvalue weighted by molar-refractivity contribution is 0.211. The number of urea groups is 1. The summed E-state index contributed by atoms with van der Waals surface area (Å²) in [6.07, 6.45) is 2.39. The summed E-state index contributed by atoms with van der Waals surface area (Å²) in [6, 6.07) is -0.0562. The Bertz CT molecular complexity index is 188. The Hall–Kier alpha value is -0.770. The fraction of sp³-hybridized carbons (Fsp3) is 0.900. The SMILES string of the molecule is CCNC(=O)NCC1(C)CCCNC1. The molecule has 0 aromatic rings. The van der Waals surface area contributed by atoms with E-state index < -0.39 is 0 Å². The first-order valence-corrected chi connectivity index (χ1v) is 5.39. The van der Waals surface area contributed by atoms with Crippen molar-refractivity contribution in [1.82, 2.24) is 16.0 Å². The van der Waals surface area contributed by atoms with Gasteiger partial charge in [0.15, 0.2) is 0 Å². The highest BCUT2D eigenvalue weighted by Crippen LogP contribution is 2.23. The Kier molecular flexibility index (Phi) is 4.20. The van der Waals surface area contributed by atoms with Crippen molar-refractivity contribution in [3.8, 4) is 0 Å². The standard InChI is InChI=1S/C10H21N3O/c1-3-12-9(14)13-8-10(2)5-4-6-11-7-10/h11H,3-8H2,1-2H3,(H2,12,13,14). The molecular formula is C10H21N3O. The quantitative estimate of drug-likeness (QED) is 0.626. The van der Waals surface area contributed by atoms with Gasteiger partial charge in [0.25, 0.3) is 0 Å². The molecule has 0 saturated carbocycles. The van der Waals surface area contributed by atoms with Crippen LogP contribution >= 0.6 is 0 Å². The molecule has 0 aromatic carbocycles. The van der Waals surface area contributed by atoms with Gasteiger partial charge in [0, 0.05) is 19.6 Å². The van der Waals surface area contributed by atoms with Crippen molar-refractivity contribution in [1.29, 1.82) is 0 Å². The van der Waals surface area contributed by atoms with Crippen LogP contribution in [0.3, 0.4) is 0 Å². The lowest BCUT2D eigenvalue weighted by atomic mass is 9.83. The molecule has 1 rings (SSSR count). The van der Waals surface area contributed by atoms with Crippen LogP contribution in [0.25, 0.3) is 0 Å². The van der Waals surface area contributed by atoms with Gasteiger partial charge in [-0.1, -0.05) is 6.92 Å². The Morgan fingerprint density at radius 2 is 2.29 bits per heavy atom. The predicted octanol–water partition coefficient (Wildman–Crippen LogP) is 0.695. The zero-order valence-electron chi connectivity index (χ0n) is 9.15. The molecule has 1 atom stereocenters. The molecule has 1 fully saturated rings. The Labute approximate surface area is 85.8 Å². The van der Waals surface area contributed by atoms with Crippen molar-refractivity contribution in [3.05, 3.63) is 0 Å². The molecule has 0 aromatic heterocycles. The second-order valence-electron chi connectivity index (χ2n) is 4.30. The Balaban J connectivity index is 2.24. The van der Waals surface area contributed by atoms with Crippen LogP contribution in [-0.4, -0.2) is 32.2 Å². The van der Waals surface area contributed by atoms with E-state index in [1.165, 1.54) is 12.8 Å². The molecule has 82 valence electrons. The average Bonchev–Trinajstić information content (AvgIpc) is 2.17. The summed E-state index contributed by atoms with van der Waals surface area (Å²) < 4.78 is 0. The molecule has 1 aliphatic heterocycles. The summed E-state index contributed by atoms with van der Waals surface area (Å²) in [5.41, 5.74) is 0.226. The molecule has 3 N–H and O–H groups in total. The van der Waals surface area contributed by atoms with E-state index in [4.69, 9.17) is 0 Å². The number of amides is 2. The van der Waals surface area contributed by atoms with Crippen molar-refractivity contribution in [3.63, 3.8) is 0 Å². The van der Waals surface area contributed by atoms with Crippen LogP contribution in [0.4, 0.5) is 4.79 Å². The summed E-state index contributed by atoms with van der Waals surface area (Å²) in [7, 11) is 0. The fourth-order valence-corrected chi connectivity index (χ4v) is 1.79. The van der Waals surface area contributed by atoms with Gasteiger partial charge in [-0.15, -0.1) is 0 Å². The van der Waals surface area contributed by atoms with Crippen molar-refractivity contribution in [2.24, 2.45) is 5.41 Å². The van der Waals surface area contributed by atoms with Gasteiger partial charge in [0.05, 0.1) is 0 Å². The van der Waals surface area contributed by atoms with E-state index in [9.17, 15) is 4.79 Å². The van der Waals surface area contributed by atoms with E-state index in [0.717, 1.165) is 19.6 Å². The minimum Gasteiger partial charge on any atom is -0.338 e. The van der Waals surface area contributed by atoms with E-state index in [-0.39, 0.29) is 11.4 Å². The zero-order chi connectivity index (χ0) is 10.4. The third-order valence-corrected chi connectivity index (χ3v) is 2.70. The van der Waals surface area contributed by atoms with Gasteiger partial charge >= 0.3 is 6.03 Å². The summed E-state index contributed by atoms with van der Waals surface area (Å²) in [5, 5.41) is 8.99. The highest BCUT2D eigenvalue weighted by Gasteiger charge is 2.26. The third-order valence-electron chi connectivity index (χ3n) is 2.70. The molecule has 0 bridgehead atoms. The highest BCUT2D eigenvalue weighted by molar-refractivity contribution is 5.73. The number of carbonyl (C=O) groups is 1. The van der Waals surface area contributed by atoms with Gasteiger partial charge in [0.1, 0.15) is 0 Å². The molecule has 0 aliphatic carbocycles. The maximum absolute atomic E-state index is 11.2. The van der Waals surface area contributed by atoms with Crippen LogP contribution in [0.15, 0.2) is 0 Å². The second-order valence-corrected chi connectivity index (χ2v) is 4.30. The predicted molar refractivity (Wildman–Crippen MR) is 57.3 cm³/mol. The van der Waals surface area contributed by atoms with Gasteiger partial charge in [-0.05, 0) is 31.7 Å². The summed E-state index contributed by atoms with van der Waals surface area (Å²) in [5.74, 6) is 0. The molecule has 1 aliphatic rings. The lowest BCUT2D eigenvalue weighted by Gasteiger charge is -2.34. The first-order valence-electron chi connectivity index (χ1n) is 5.39. The van der Waals surface area contributed by atoms with Crippen molar-refractivity contribution in [2.75, 3.05) is 26.2 Å². The summed E-state index contributed by atoms with van der Waals surface area (Å²) >= 11 is 0. The molecule has 4 heteroatoms. The molecule has 0 radical (unpaired) electrons. The first kappa shape index (κ1) is 11.3. The molecule has 0 spiro atoms. The largest absolute Gasteiger partial charge is 0.338 e. The number of carbonyl (C=O) groups excluding carboxylic acids is 1. The third kappa shape index (κ3) is 3.54. The van der Waals surface area contributed by atoms with E-state index in [2.05, 4.69) is 22.9 Å². The second kappa shape index (κ2) is 5.20. The van der Waals surface area contributed by atoms with Crippen LogP contribution in [0.1, 0.15) is 26.7 Å². The molecule has 4 nitrogen and oxygen atoms in total. The minimum absolute atomic E-state index is 0.0562. The van der Waals surface area contributed by atoms with Crippen LogP contribution < -0.4 is 16.0 Å². The van der Waals surface area contributed by atoms with Crippen molar-refractivity contribution < 1.29 is 4.79 Å². The smallest absolute Gasteiger partial charge is 0.314 e. The average molecular weight is 199 g/mol. The Morgan fingerprint density at radius 1 is 1.50 bits per heavy atom. The maximum Gasteiger partial charge on any atom is 0.314 e. The van der Waals surface area contributed by atoms with Crippen LogP contribution in [-0.2, 0) is 0 Å². The molecule has 2 amide bonds. The van der Waals surface area contributed by atoms with Crippen molar-refractivity contribution in [2.45, 2.75) is 26.7 Å². The van der Waals surface area contributed by atoms with Crippen LogP contribution in [0.2, 0.25) is 0 Å². The molecule has 1 saturated heterocycles. The number of hydrogen-bond donors (Lipinski definition) is 3.